The van der Waals surface area contributed by atoms with Gasteiger partial charge in [-0.3, -0.25) is 14.5 Å². The maximum atomic E-state index is 12.8. The molecule has 3 aromatic heterocycles. The smallest absolute Gasteiger partial charge is 0.475 e. The molecule has 3 aromatic rings. The fourth-order valence-corrected chi connectivity index (χ4v) is 3.33. The van der Waals surface area contributed by atoms with Crippen molar-refractivity contribution in [3.63, 3.8) is 0 Å². The molecule has 0 saturated carbocycles. The Labute approximate surface area is 227 Å². The Morgan fingerprint density at radius 3 is 1.98 bits per heavy atom. The van der Waals surface area contributed by atoms with Crippen LogP contribution in [0.2, 0.25) is 0 Å². The number of carboxylic acid groups (broad SMARTS) is 2. The minimum absolute atomic E-state index is 0.0583. The fourth-order valence-electron chi connectivity index (χ4n) is 3.33. The van der Waals surface area contributed by atoms with E-state index in [1.165, 1.54) is 0 Å². The maximum Gasteiger partial charge on any atom is 0.490 e. The molecule has 0 radical (unpaired) electrons. The van der Waals surface area contributed by atoms with E-state index in [1.54, 1.807) is 35.8 Å². The average Bonchev–Trinajstić information content (AvgIpc) is 3.38. The highest BCUT2D eigenvalue weighted by Crippen LogP contribution is 2.26. The summed E-state index contributed by atoms with van der Waals surface area (Å²) in [6.45, 7) is 1.81. The van der Waals surface area contributed by atoms with Gasteiger partial charge in [-0.15, -0.1) is 0 Å². The van der Waals surface area contributed by atoms with Gasteiger partial charge in [0, 0.05) is 38.4 Å². The number of hydrogen-bond donors (Lipinski definition) is 2. The van der Waals surface area contributed by atoms with E-state index in [-0.39, 0.29) is 11.9 Å². The van der Waals surface area contributed by atoms with Gasteiger partial charge in [-0.25, -0.2) is 19.6 Å². The number of hydrogen-bond acceptors (Lipinski definition) is 8. The summed E-state index contributed by atoms with van der Waals surface area (Å²) in [7, 11) is 1.81. The number of rotatable bonds is 5. The van der Waals surface area contributed by atoms with Crippen LogP contribution in [0.1, 0.15) is 23.9 Å². The van der Waals surface area contributed by atoms with Gasteiger partial charge in [0.1, 0.15) is 0 Å². The molecule has 4 rings (SSSR count). The van der Waals surface area contributed by atoms with E-state index in [2.05, 4.69) is 25.0 Å². The Bertz CT molecular complexity index is 1270. The number of nitrogens with zero attached hydrogens (tertiary/aromatic N) is 7. The molecule has 0 saturated heterocycles. The van der Waals surface area contributed by atoms with Crippen molar-refractivity contribution >= 4 is 23.8 Å². The minimum atomic E-state index is -5.08. The van der Waals surface area contributed by atoms with Crippen LogP contribution >= 0.6 is 0 Å². The number of carbonyl (C=O) groups excluding carboxylic acids is 1. The van der Waals surface area contributed by atoms with E-state index in [4.69, 9.17) is 19.8 Å². The Hall–Kier alpha value is -4.77. The topological polar surface area (TPSA) is 155 Å². The van der Waals surface area contributed by atoms with Gasteiger partial charge in [0.2, 0.25) is 11.9 Å². The SMILES string of the molecule is CN(Cc1ccccn1)C(=O)CC1CN(c2ncccn2)Cc2ccnn21.O=C(O)C(F)(F)F.O=C(O)C(F)(F)F. The number of anilines is 1. The lowest BCUT2D eigenvalue weighted by Gasteiger charge is -2.34. The van der Waals surface area contributed by atoms with Crippen LogP contribution in [0.3, 0.4) is 0 Å². The second-order valence-corrected chi connectivity index (χ2v) is 8.23. The second kappa shape index (κ2) is 14.0. The van der Waals surface area contributed by atoms with Crippen LogP contribution in [-0.2, 0) is 27.5 Å². The van der Waals surface area contributed by atoms with Gasteiger partial charge < -0.3 is 20.0 Å². The molecule has 4 heterocycles. The zero-order chi connectivity index (χ0) is 30.8. The average molecular weight is 591 g/mol. The summed E-state index contributed by atoms with van der Waals surface area (Å²) in [6.07, 6.45) is -2.83. The van der Waals surface area contributed by atoms with Crippen LogP contribution in [0.5, 0.6) is 0 Å². The van der Waals surface area contributed by atoms with Crippen molar-refractivity contribution in [1.82, 2.24) is 29.6 Å². The third-order valence-corrected chi connectivity index (χ3v) is 5.16. The molecule has 18 heteroatoms. The molecule has 1 aliphatic rings. The van der Waals surface area contributed by atoms with E-state index in [0.717, 1.165) is 11.4 Å². The summed E-state index contributed by atoms with van der Waals surface area (Å²) < 4.78 is 65.4. The summed E-state index contributed by atoms with van der Waals surface area (Å²) >= 11 is 0. The van der Waals surface area contributed by atoms with E-state index in [9.17, 15) is 31.1 Å². The van der Waals surface area contributed by atoms with Gasteiger partial charge in [0.15, 0.2) is 0 Å². The second-order valence-electron chi connectivity index (χ2n) is 8.23. The lowest BCUT2D eigenvalue weighted by Crippen LogP contribution is -2.41. The Morgan fingerprint density at radius 2 is 1.46 bits per heavy atom. The summed E-state index contributed by atoms with van der Waals surface area (Å²) in [5, 5.41) is 18.7. The first kappa shape index (κ1) is 32.4. The van der Waals surface area contributed by atoms with Gasteiger partial charge in [-0.05, 0) is 24.3 Å². The van der Waals surface area contributed by atoms with E-state index >= 15 is 0 Å². The normalized spacial score (nSPS) is 14.4. The molecular weight excluding hydrogens is 568 g/mol. The maximum absolute atomic E-state index is 12.8. The van der Waals surface area contributed by atoms with E-state index in [1.807, 2.05) is 36.0 Å². The predicted octanol–water partition coefficient (Wildman–Crippen LogP) is 2.94. The minimum Gasteiger partial charge on any atom is -0.475 e. The Balaban J connectivity index is 0.000000349. The lowest BCUT2D eigenvalue weighted by atomic mass is 10.1. The summed E-state index contributed by atoms with van der Waals surface area (Å²) in [5.41, 5.74) is 1.93. The first-order chi connectivity index (χ1) is 19.1. The van der Waals surface area contributed by atoms with Crippen molar-refractivity contribution in [2.24, 2.45) is 0 Å². The van der Waals surface area contributed by atoms with Crippen LogP contribution < -0.4 is 4.90 Å². The first-order valence-corrected chi connectivity index (χ1v) is 11.4. The number of pyridine rings is 1. The Morgan fingerprint density at radius 1 is 0.902 bits per heavy atom. The van der Waals surface area contributed by atoms with Crippen LogP contribution in [0.15, 0.2) is 55.1 Å². The molecule has 2 N–H and O–H groups in total. The van der Waals surface area contributed by atoms with Gasteiger partial charge in [0.05, 0.1) is 36.9 Å². The molecule has 1 atom stereocenters. The number of aliphatic carboxylic acids is 2. The molecule has 0 aliphatic carbocycles. The van der Waals surface area contributed by atoms with E-state index in [0.29, 0.717) is 32.0 Å². The number of fused-ring (bicyclic) bond motifs is 1. The van der Waals surface area contributed by atoms with Crippen LogP contribution in [0, 0.1) is 0 Å². The predicted molar refractivity (Wildman–Crippen MR) is 127 cm³/mol. The van der Waals surface area contributed by atoms with Crippen molar-refractivity contribution in [1.29, 1.82) is 0 Å². The summed E-state index contributed by atoms with van der Waals surface area (Å²) in [6, 6.07) is 9.42. The zero-order valence-corrected chi connectivity index (χ0v) is 21.1. The van der Waals surface area contributed by atoms with Gasteiger partial charge >= 0.3 is 24.3 Å². The monoisotopic (exact) mass is 591 g/mol. The molecule has 0 fully saturated rings. The highest BCUT2D eigenvalue weighted by atomic mass is 19.4. The van der Waals surface area contributed by atoms with Crippen molar-refractivity contribution in [3.8, 4) is 0 Å². The molecule has 12 nitrogen and oxygen atoms in total. The van der Waals surface area contributed by atoms with Gasteiger partial charge in [0.25, 0.3) is 0 Å². The summed E-state index contributed by atoms with van der Waals surface area (Å²) in [4.78, 5) is 47.4. The molecule has 0 aromatic carbocycles. The van der Waals surface area contributed by atoms with Gasteiger partial charge in [-0.2, -0.15) is 31.4 Å². The number of alkyl halides is 6. The van der Waals surface area contributed by atoms with Crippen molar-refractivity contribution < 1.29 is 50.9 Å². The lowest BCUT2D eigenvalue weighted by molar-refractivity contribution is -0.193. The zero-order valence-electron chi connectivity index (χ0n) is 21.1. The van der Waals surface area contributed by atoms with E-state index < -0.39 is 24.3 Å². The Kier molecular flexibility index (Phi) is 11.1. The quantitative estimate of drug-likeness (QED) is 0.423. The molecule has 0 bridgehead atoms. The number of aromatic nitrogens is 5. The molecular formula is C23H23F6N7O5. The molecule has 0 spiro atoms. The molecule has 222 valence electrons. The number of carboxylic acids is 2. The standard InChI is InChI=1S/C19H21N7O.2C2HF3O2/c1-24(12-15-5-2-3-7-20-15)18(27)11-17-14-25(19-21-8-4-9-22-19)13-16-6-10-23-26(16)17;2*3-2(4,5)1(6)7/h2-10,17H,11-14H2,1H3;2*(H,6,7). The van der Waals surface area contributed by atoms with Crippen LogP contribution in [0.25, 0.3) is 0 Å². The van der Waals surface area contributed by atoms with Crippen LogP contribution in [-0.4, -0.2) is 83.6 Å². The van der Waals surface area contributed by atoms with Crippen molar-refractivity contribution in [3.05, 3.63) is 66.5 Å². The molecule has 1 amide bonds. The first-order valence-electron chi connectivity index (χ1n) is 11.4. The third-order valence-electron chi connectivity index (χ3n) is 5.16. The highest BCUT2D eigenvalue weighted by Gasteiger charge is 2.39. The number of amides is 1. The molecule has 1 unspecified atom stereocenters. The number of carbonyl (C=O) groups is 3. The van der Waals surface area contributed by atoms with Crippen molar-refractivity contribution in [2.75, 3.05) is 18.5 Å². The fraction of sp³-hybridized carbons (Fsp3) is 0.348. The third kappa shape index (κ3) is 10.4. The molecule has 1 aliphatic heterocycles. The number of halogens is 6. The van der Waals surface area contributed by atoms with Crippen LogP contribution in [0.4, 0.5) is 32.3 Å². The highest BCUT2D eigenvalue weighted by molar-refractivity contribution is 5.76. The molecule has 41 heavy (non-hydrogen) atoms. The summed E-state index contributed by atoms with van der Waals surface area (Å²) in [5.74, 6) is -4.79. The van der Waals surface area contributed by atoms with Crippen molar-refractivity contribution in [2.45, 2.75) is 37.9 Å². The van der Waals surface area contributed by atoms with Gasteiger partial charge in [-0.1, -0.05) is 6.07 Å². The largest absolute Gasteiger partial charge is 0.490 e.